The van der Waals surface area contributed by atoms with E-state index in [-0.39, 0.29) is 15.6 Å². The van der Waals surface area contributed by atoms with Gasteiger partial charge in [0.2, 0.25) is 0 Å². The Morgan fingerprint density at radius 3 is 2.29 bits per heavy atom. The van der Waals surface area contributed by atoms with E-state index in [0.29, 0.717) is 39.4 Å². The van der Waals surface area contributed by atoms with E-state index in [4.69, 9.17) is 51.8 Å². The monoisotopic (exact) mass is 607 g/mol. The molecule has 1 saturated carbocycles. The molecule has 0 spiro atoms. The van der Waals surface area contributed by atoms with Crippen LogP contribution in [0.2, 0.25) is 15.1 Å². The van der Waals surface area contributed by atoms with Gasteiger partial charge in [-0.3, -0.25) is 10.9 Å². The molecule has 0 radical (unpaired) electrons. The molecule has 0 bridgehead atoms. The van der Waals surface area contributed by atoms with Crippen LogP contribution in [-0.4, -0.2) is 24.4 Å². The molecule has 1 aliphatic carbocycles. The normalized spacial score (nSPS) is 16.6. The second kappa shape index (κ2) is 13.6. The molecule has 1 aliphatic rings. The van der Waals surface area contributed by atoms with Crippen molar-refractivity contribution in [2.24, 2.45) is 0 Å². The smallest absolute Gasteiger partial charge is 0.364 e. The number of alkyl halides is 3. The summed E-state index contributed by atoms with van der Waals surface area (Å²) in [4.78, 5) is 0. The van der Waals surface area contributed by atoms with Gasteiger partial charge in [0.1, 0.15) is 0 Å². The van der Waals surface area contributed by atoms with Crippen molar-refractivity contribution in [2.75, 3.05) is 12.5 Å². The Bertz CT molecular complexity index is 1140. The molecule has 0 heterocycles. The van der Waals surface area contributed by atoms with Crippen molar-refractivity contribution in [1.82, 2.24) is 10.7 Å². The summed E-state index contributed by atoms with van der Waals surface area (Å²) in [6.07, 6.45) is 2.64. The Balaban J connectivity index is 1.89. The highest BCUT2D eigenvalue weighted by molar-refractivity contribution is 7.80. The predicted octanol–water partition coefficient (Wildman–Crippen LogP) is 9.06. The maximum atomic E-state index is 14.7. The van der Waals surface area contributed by atoms with Gasteiger partial charge >= 0.3 is 6.18 Å². The molecule has 0 aliphatic heterocycles. The van der Waals surface area contributed by atoms with E-state index >= 15 is 0 Å². The van der Waals surface area contributed by atoms with Gasteiger partial charge in [-0.15, -0.1) is 0 Å². The third-order valence-corrected chi connectivity index (χ3v) is 7.60. The van der Waals surface area contributed by atoms with E-state index in [0.717, 1.165) is 32.8 Å². The summed E-state index contributed by atoms with van der Waals surface area (Å²) in [5.74, 6) is 0. The molecule has 0 saturated heterocycles. The highest BCUT2D eigenvalue weighted by Gasteiger charge is 2.57. The minimum absolute atomic E-state index is 0.0843. The third kappa shape index (κ3) is 7.69. The second-order valence-electron chi connectivity index (χ2n) is 9.25. The largest absolute Gasteiger partial charge is 0.422 e. The summed E-state index contributed by atoms with van der Waals surface area (Å²) in [7, 11) is 1.03. The number of thiocarbonyl (C=S) groups is 1. The van der Waals surface area contributed by atoms with Crippen LogP contribution < -0.4 is 16.2 Å². The zero-order valence-corrected chi connectivity index (χ0v) is 24.2. The summed E-state index contributed by atoms with van der Waals surface area (Å²) < 4.78 is 49.3. The van der Waals surface area contributed by atoms with Gasteiger partial charge in [0.05, 0.1) is 10.7 Å². The summed E-state index contributed by atoms with van der Waals surface area (Å²) in [6.45, 7) is 1.85. The molecule has 208 valence electrons. The number of nitrogens with one attached hydrogen (secondary N) is 3. The minimum atomic E-state index is -4.77. The van der Waals surface area contributed by atoms with Gasteiger partial charge in [0, 0.05) is 29.6 Å². The molecule has 11 heteroatoms. The van der Waals surface area contributed by atoms with Crippen LogP contribution in [0, 0.1) is 0 Å². The molecular formula is C27H31Cl3F3N3OS. The Hall–Kier alpha value is -1.71. The fourth-order valence-corrected chi connectivity index (χ4v) is 5.59. The molecular weight excluding hydrogens is 578 g/mol. The summed E-state index contributed by atoms with van der Waals surface area (Å²) in [6, 6.07) is 9.14. The number of hydrazine groups is 1. The molecule has 0 amide bonds. The van der Waals surface area contributed by atoms with Crippen molar-refractivity contribution in [2.45, 2.75) is 69.7 Å². The second-order valence-corrected chi connectivity index (χ2v) is 10.9. The quantitative estimate of drug-likeness (QED) is 0.196. The van der Waals surface area contributed by atoms with Gasteiger partial charge in [0.25, 0.3) is 0 Å². The van der Waals surface area contributed by atoms with Crippen LogP contribution in [0.5, 0.6) is 0 Å². The van der Waals surface area contributed by atoms with Crippen LogP contribution in [0.3, 0.4) is 0 Å². The molecule has 2 aromatic rings. The van der Waals surface area contributed by atoms with Crippen molar-refractivity contribution < 1.29 is 17.9 Å². The predicted molar refractivity (Wildman–Crippen MR) is 155 cm³/mol. The van der Waals surface area contributed by atoms with Gasteiger partial charge in [-0.2, -0.15) is 13.2 Å². The molecule has 2 aromatic carbocycles. The number of hydrogen-bond acceptors (Lipinski definition) is 3. The van der Waals surface area contributed by atoms with E-state index in [9.17, 15) is 13.2 Å². The highest BCUT2D eigenvalue weighted by atomic mass is 35.5. The van der Waals surface area contributed by atoms with E-state index in [1.807, 2.05) is 6.92 Å². The lowest BCUT2D eigenvalue weighted by Crippen LogP contribution is -2.45. The third-order valence-electron chi connectivity index (χ3n) is 6.61. The number of anilines is 1. The zero-order chi connectivity index (χ0) is 27.9. The number of ether oxygens (including phenoxy) is 1. The highest BCUT2D eigenvalue weighted by Crippen LogP contribution is 2.49. The maximum absolute atomic E-state index is 14.7. The van der Waals surface area contributed by atoms with Crippen LogP contribution >= 0.6 is 47.0 Å². The lowest BCUT2D eigenvalue weighted by atomic mass is 9.83. The maximum Gasteiger partial charge on any atom is 0.422 e. The molecule has 1 atom stereocenters. The van der Waals surface area contributed by atoms with Crippen molar-refractivity contribution in [3.8, 4) is 0 Å². The van der Waals surface area contributed by atoms with Gasteiger partial charge in [-0.05, 0) is 78.5 Å². The molecule has 38 heavy (non-hydrogen) atoms. The Morgan fingerprint density at radius 1 is 1.05 bits per heavy atom. The first-order valence-corrected chi connectivity index (χ1v) is 13.9. The minimum Gasteiger partial charge on any atom is -0.364 e. The number of rotatable bonds is 9. The van der Waals surface area contributed by atoms with Crippen LogP contribution in [0.1, 0.15) is 63.0 Å². The average molecular weight is 609 g/mol. The fraction of sp³-hybridized carbons (Fsp3) is 0.444. The number of methoxy groups -OCH3 is 1. The van der Waals surface area contributed by atoms with E-state index in [1.54, 1.807) is 24.3 Å². The molecule has 1 unspecified atom stereocenters. The Kier molecular flexibility index (Phi) is 11.0. The Labute approximate surface area is 242 Å². The Morgan fingerprint density at radius 2 is 1.71 bits per heavy atom. The van der Waals surface area contributed by atoms with Crippen LogP contribution in [0.25, 0.3) is 5.57 Å². The van der Waals surface area contributed by atoms with Gasteiger partial charge in [-0.1, -0.05) is 73.1 Å². The van der Waals surface area contributed by atoms with Crippen LogP contribution in [-0.2, 0) is 10.3 Å². The van der Waals surface area contributed by atoms with Crippen molar-refractivity contribution in [3.63, 3.8) is 0 Å². The van der Waals surface area contributed by atoms with E-state index < -0.39 is 18.2 Å². The van der Waals surface area contributed by atoms with Crippen molar-refractivity contribution in [3.05, 3.63) is 68.7 Å². The first-order chi connectivity index (χ1) is 18.0. The first kappa shape index (κ1) is 30.8. The topological polar surface area (TPSA) is 45.3 Å². The molecule has 1 fully saturated rings. The molecule has 3 N–H and O–H groups in total. The molecule has 0 aromatic heterocycles. The SMILES string of the molecule is CCC=C(CC(OC)(c1cc(Cl)cc(Cl)c1)C(F)(F)F)c1ccc(Cl)c(NNC(=S)NC2CCCCC2)c1. The van der Waals surface area contributed by atoms with Crippen molar-refractivity contribution in [1.29, 1.82) is 0 Å². The first-order valence-electron chi connectivity index (χ1n) is 12.4. The molecule has 4 nitrogen and oxygen atoms in total. The summed E-state index contributed by atoms with van der Waals surface area (Å²) in [5.41, 5.74) is 4.51. The van der Waals surface area contributed by atoms with Crippen molar-refractivity contribution >= 4 is 63.4 Å². The average Bonchev–Trinajstić information content (AvgIpc) is 2.85. The molecule has 3 rings (SSSR count). The number of hydrogen-bond donors (Lipinski definition) is 3. The lowest BCUT2D eigenvalue weighted by molar-refractivity contribution is -0.274. The van der Waals surface area contributed by atoms with Crippen LogP contribution in [0.15, 0.2) is 42.5 Å². The van der Waals surface area contributed by atoms with Gasteiger partial charge < -0.3 is 10.1 Å². The lowest BCUT2D eigenvalue weighted by Gasteiger charge is -2.36. The number of halogens is 6. The number of benzene rings is 2. The fourth-order valence-electron chi connectivity index (χ4n) is 4.68. The summed E-state index contributed by atoms with van der Waals surface area (Å²) in [5, 5.41) is 4.27. The number of allylic oxidation sites excluding steroid dienone is 1. The summed E-state index contributed by atoms with van der Waals surface area (Å²) >= 11 is 23.9. The van der Waals surface area contributed by atoms with E-state index in [1.165, 1.54) is 24.6 Å². The zero-order valence-electron chi connectivity index (χ0n) is 21.2. The van der Waals surface area contributed by atoms with Gasteiger partial charge in [0.15, 0.2) is 10.7 Å². The van der Waals surface area contributed by atoms with E-state index in [2.05, 4.69) is 16.2 Å². The van der Waals surface area contributed by atoms with Gasteiger partial charge in [-0.25, -0.2) is 0 Å². The van der Waals surface area contributed by atoms with Crippen LogP contribution in [0.4, 0.5) is 18.9 Å². The standard InChI is InChI=1S/C27H31Cl3F3N3OS/c1-3-7-18(16-26(37-2,27(31,32)33)19-13-20(28)15-21(29)14-19)17-10-11-23(30)24(12-17)35-36-25(38)34-22-8-5-4-6-9-22/h7,10-15,22,35H,3-6,8-9,16H2,1-2H3,(H2,34,36,38).